The Labute approximate surface area is 139 Å². The van der Waals surface area contributed by atoms with Gasteiger partial charge < -0.3 is 5.21 Å². The summed E-state index contributed by atoms with van der Waals surface area (Å²) in [6.07, 6.45) is 6.63. The van der Waals surface area contributed by atoms with E-state index < -0.39 is 5.82 Å². The SMILES string of the molecule is C=Cc1nc(CCCCCc2ccc(F)c(/C=N\O)n2)ccc1F. The lowest BCUT2D eigenvalue weighted by atomic mass is 10.1. The Morgan fingerprint density at radius 1 is 0.917 bits per heavy atom. The highest BCUT2D eigenvalue weighted by atomic mass is 19.1. The number of pyridine rings is 2. The molecule has 4 nitrogen and oxygen atoms in total. The Kier molecular flexibility index (Phi) is 6.54. The molecule has 0 aliphatic heterocycles. The fourth-order valence-electron chi connectivity index (χ4n) is 2.36. The molecular weight excluding hydrogens is 312 g/mol. The van der Waals surface area contributed by atoms with Crippen LogP contribution in [0.25, 0.3) is 6.08 Å². The van der Waals surface area contributed by atoms with Gasteiger partial charge >= 0.3 is 0 Å². The summed E-state index contributed by atoms with van der Waals surface area (Å²) in [5.74, 6) is -0.879. The van der Waals surface area contributed by atoms with E-state index in [-0.39, 0.29) is 17.2 Å². The maximum Gasteiger partial charge on any atom is 0.150 e. The number of hydrogen-bond donors (Lipinski definition) is 1. The summed E-state index contributed by atoms with van der Waals surface area (Å²) in [5.41, 5.74) is 1.90. The molecule has 0 saturated heterocycles. The quantitative estimate of drug-likeness (QED) is 0.342. The summed E-state index contributed by atoms with van der Waals surface area (Å²) >= 11 is 0. The second-order valence-corrected chi connectivity index (χ2v) is 5.35. The molecule has 0 saturated carbocycles. The first-order valence-electron chi connectivity index (χ1n) is 7.74. The normalized spacial score (nSPS) is 11.1. The second-order valence-electron chi connectivity index (χ2n) is 5.35. The van der Waals surface area contributed by atoms with Gasteiger partial charge in [0.05, 0.1) is 11.9 Å². The zero-order valence-electron chi connectivity index (χ0n) is 13.3. The third-order valence-corrected chi connectivity index (χ3v) is 3.60. The van der Waals surface area contributed by atoms with Crippen LogP contribution in [-0.2, 0) is 12.8 Å². The fraction of sp³-hybridized carbons (Fsp3) is 0.278. The topological polar surface area (TPSA) is 58.4 Å². The maximum absolute atomic E-state index is 13.4. The first kappa shape index (κ1) is 17.7. The van der Waals surface area contributed by atoms with Gasteiger partial charge in [-0.15, -0.1) is 0 Å². The largest absolute Gasteiger partial charge is 0.411 e. The summed E-state index contributed by atoms with van der Waals surface area (Å²) < 4.78 is 26.7. The van der Waals surface area contributed by atoms with Crippen LogP contribution in [0.5, 0.6) is 0 Å². The Hall–Kier alpha value is -2.63. The van der Waals surface area contributed by atoms with Gasteiger partial charge in [0.1, 0.15) is 11.5 Å². The minimum atomic E-state index is -0.517. The number of aryl methyl sites for hydroxylation is 2. The van der Waals surface area contributed by atoms with E-state index in [4.69, 9.17) is 5.21 Å². The molecule has 0 aliphatic carbocycles. The van der Waals surface area contributed by atoms with Crippen molar-refractivity contribution in [3.63, 3.8) is 0 Å². The van der Waals surface area contributed by atoms with E-state index in [1.54, 1.807) is 12.1 Å². The van der Waals surface area contributed by atoms with Crippen molar-refractivity contribution in [3.8, 4) is 0 Å². The summed E-state index contributed by atoms with van der Waals surface area (Å²) in [5, 5.41) is 11.3. The van der Waals surface area contributed by atoms with E-state index >= 15 is 0 Å². The lowest BCUT2D eigenvalue weighted by Crippen LogP contribution is -1.99. The second kappa shape index (κ2) is 8.86. The van der Waals surface area contributed by atoms with Gasteiger partial charge in [-0.25, -0.2) is 13.8 Å². The van der Waals surface area contributed by atoms with Crippen molar-refractivity contribution in [2.45, 2.75) is 32.1 Å². The van der Waals surface area contributed by atoms with Gasteiger partial charge in [0.25, 0.3) is 0 Å². The van der Waals surface area contributed by atoms with Crippen molar-refractivity contribution in [2.75, 3.05) is 0 Å². The lowest BCUT2D eigenvalue weighted by Gasteiger charge is -2.04. The molecule has 1 N–H and O–H groups in total. The molecule has 126 valence electrons. The van der Waals surface area contributed by atoms with Crippen molar-refractivity contribution < 1.29 is 14.0 Å². The van der Waals surface area contributed by atoms with Crippen LogP contribution < -0.4 is 0 Å². The number of nitrogens with zero attached hydrogens (tertiary/aromatic N) is 3. The van der Waals surface area contributed by atoms with Crippen molar-refractivity contribution >= 4 is 12.3 Å². The van der Waals surface area contributed by atoms with E-state index in [2.05, 4.69) is 21.7 Å². The molecule has 0 unspecified atom stereocenters. The van der Waals surface area contributed by atoms with Crippen LogP contribution in [-0.4, -0.2) is 21.4 Å². The molecule has 0 atom stereocenters. The van der Waals surface area contributed by atoms with Gasteiger partial charge in [-0.2, -0.15) is 0 Å². The first-order valence-corrected chi connectivity index (χ1v) is 7.74. The van der Waals surface area contributed by atoms with Crippen LogP contribution in [0.3, 0.4) is 0 Å². The number of oxime groups is 1. The molecule has 0 spiro atoms. The predicted molar refractivity (Wildman–Crippen MR) is 89.1 cm³/mol. The smallest absolute Gasteiger partial charge is 0.150 e. The van der Waals surface area contributed by atoms with Crippen LogP contribution in [0, 0.1) is 11.6 Å². The van der Waals surface area contributed by atoms with Gasteiger partial charge in [-0.3, -0.25) is 4.98 Å². The minimum absolute atomic E-state index is 0.0301. The molecule has 6 heteroatoms. The van der Waals surface area contributed by atoms with Crippen LogP contribution in [0.4, 0.5) is 8.78 Å². The predicted octanol–water partition coefficient (Wildman–Crippen LogP) is 4.16. The molecule has 2 rings (SSSR count). The third-order valence-electron chi connectivity index (χ3n) is 3.60. The summed E-state index contributed by atoms with van der Waals surface area (Å²) in [4.78, 5) is 8.30. The highest BCUT2D eigenvalue weighted by Crippen LogP contribution is 2.12. The van der Waals surface area contributed by atoms with Crippen molar-refractivity contribution in [2.24, 2.45) is 5.16 Å². The third kappa shape index (κ3) is 4.94. The van der Waals surface area contributed by atoms with Gasteiger partial charge in [0.2, 0.25) is 0 Å². The van der Waals surface area contributed by atoms with E-state index in [0.717, 1.165) is 43.3 Å². The van der Waals surface area contributed by atoms with E-state index in [1.807, 2.05) is 0 Å². The van der Waals surface area contributed by atoms with Gasteiger partial charge in [-0.05, 0) is 56.0 Å². The van der Waals surface area contributed by atoms with E-state index in [9.17, 15) is 8.78 Å². The minimum Gasteiger partial charge on any atom is -0.411 e. The van der Waals surface area contributed by atoms with Crippen LogP contribution in [0.2, 0.25) is 0 Å². The zero-order chi connectivity index (χ0) is 17.4. The average Bonchev–Trinajstić information content (AvgIpc) is 2.59. The average molecular weight is 331 g/mol. The molecule has 2 heterocycles. The standard InChI is InChI=1S/C18H19F2N3O/c1-2-17-15(19)10-8-13(22-17)6-4-3-5-7-14-9-11-16(20)18(23-14)12-21-24/h2,8-12,24H,1,3-7H2/b21-12-. The van der Waals surface area contributed by atoms with E-state index in [0.29, 0.717) is 6.42 Å². The van der Waals surface area contributed by atoms with Crippen LogP contribution >= 0.6 is 0 Å². The number of hydrogen-bond acceptors (Lipinski definition) is 4. The van der Waals surface area contributed by atoms with E-state index in [1.165, 1.54) is 18.2 Å². The zero-order valence-corrected chi connectivity index (χ0v) is 13.3. The summed E-state index contributed by atoms with van der Waals surface area (Å²) in [6, 6.07) is 6.04. The van der Waals surface area contributed by atoms with Gasteiger partial charge in [0.15, 0.2) is 5.82 Å². The van der Waals surface area contributed by atoms with Crippen LogP contribution in [0.15, 0.2) is 36.0 Å². The van der Waals surface area contributed by atoms with Crippen LogP contribution in [0.1, 0.15) is 42.0 Å². The van der Waals surface area contributed by atoms with Gasteiger partial charge in [0, 0.05) is 11.4 Å². The first-order chi connectivity index (χ1) is 11.6. The monoisotopic (exact) mass is 331 g/mol. The molecule has 0 bridgehead atoms. The molecule has 0 fully saturated rings. The lowest BCUT2D eigenvalue weighted by molar-refractivity contribution is 0.321. The molecule has 0 aromatic carbocycles. The van der Waals surface area contributed by atoms with Crippen molar-refractivity contribution in [3.05, 3.63) is 65.3 Å². The molecule has 2 aromatic rings. The summed E-state index contributed by atoms with van der Waals surface area (Å²) in [6.45, 7) is 3.54. The molecule has 0 aliphatic rings. The highest BCUT2D eigenvalue weighted by Gasteiger charge is 2.05. The summed E-state index contributed by atoms with van der Waals surface area (Å²) in [7, 11) is 0. The Morgan fingerprint density at radius 3 is 2.00 bits per heavy atom. The van der Waals surface area contributed by atoms with Crippen molar-refractivity contribution in [1.82, 2.24) is 9.97 Å². The molecule has 0 amide bonds. The Balaban J connectivity index is 1.79. The number of rotatable bonds is 8. The molecule has 24 heavy (non-hydrogen) atoms. The molecule has 2 aromatic heterocycles. The molecule has 0 radical (unpaired) electrons. The van der Waals surface area contributed by atoms with Crippen molar-refractivity contribution in [1.29, 1.82) is 0 Å². The number of halogens is 2. The number of aromatic nitrogens is 2. The molecular formula is C18H19F2N3O. The fourth-order valence-corrected chi connectivity index (χ4v) is 2.36. The Morgan fingerprint density at radius 2 is 1.46 bits per heavy atom. The number of unbranched alkanes of at least 4 members (excludes halogenated alkanes) is 2. The highest BCUT2D eigenvalue weighted by molar-refractivity contribution is 5.76. The Bertz CT molecular complexity index is 732. The maximum atomic E-state index is 13.4. The van der Waals surface area contributed by atoms with Gasteiger partial charge in [-0.1, -0.05) is 18.2 Å².